The van der Waals surface area contributed by atoms with E-state index < -0.39 is 15.5 Å². The van der Waals surface area contributed by atoms with Gasteiger partial charge >= 0.3 is 15.5 Å². The molecule has 4 nitrogen and oxygen atoms in total. The molecule has 0 aliphatic rings. The smallest absolute Gasteiger partial charge is 0.201 e. The monoisotopic (exact) mass is 224 g/mol. The second kappa shape index (κ2) is 3.81. The third-order valence-electron chi connectivity index (χ3n) is 0.873. The standard InChI is InChI=1S/C3H7F3N2O2S2/c1-8(7-11-2)12(9,10)3(4,5)6/h7H,1-2H3. The Bertz CT molecular complexity index is 236. The summed E-state index contributed by atoms with van der Waals surface area (Å²) in [6.45, 7) is 0. The highest BCUT2D eigenvalue weighted by atomic mass is 32.2. The highest BCUT2D eigenvalue weighted by Gasteiger charge is 2.48. The molecule has 0 saturated carbocycles. The molecule has 0 aliphatic carbocycles. The fraction of sp³-hybridized carbons (Fsp3) is 1.00. The second-order valence-corrected chi connectivity index (χ2v) is 4.27. The van der Waals surface area contributed by atoms with Gasteiger partial charge in [-0.3, -0.25) is 0 Å². The third-order valence-corrected chi connectivity index (χ3v) is 2.84. The topological polar surface area (TPSA) is 49.4 Å². The van der Waals surface area contributed by atoms with Crippen molar-refractivity contribution in [1.29, 1.82) is 0 Å². The van der Waals surface area contributed by atoms with Gasteiger partial charge in [0.1, 0.15) is 0 Å². The van der Waals surface area contributed by atoms with E-state index in [2.05, 4.69) is 0 Å². The van der Waals surface area contributed by atoms with Crippen LogP contribution in [-0.4, -0.2) is 31.6 Å². The van der Waals surface area contributed by atoms with Crippen molar-refractivity contribution in [2.24, 2.45) is 0 Å². The van der Waals surface area contributed by atoms with Crippen LogP contribution in [0.25, 0.3) is 0 Å². The van der Waals surface area contributed by atoms with Crippen molar-refractivity contribution in [1.82, 2.24) is 9.25 Å². The summed E-state index contributed by atoms with van der Waals surface area (Å²) >= 11 is 0.749. The van der Waals surface area contributed by atoms with Crippen LogP contribution in [0.5, 0.6) is 0 Å². The maximum Gasteiger partial charge on any atom is 0.512 e. The van der Waals surface area contributed by atoms with Gasteiger partial charge in [0.05, 0.1) is 0 Å². The third kappa shape index (κ3) is 2.51. The maximum absolute atomic E-state index is 11.7. The lowest BCUT2D eigenvalue weighted by Crippen LogP contribution is -2.43. The maximum atomic E-state index is 11.7. The minimum absolute atomic E-state index is 0.0116. The second-order valence-electron chi connectivity index (χ2n) is 1.71. The highest BCUT2D eigenvalue weighted by Crippen LogP contribution is 2.25. The number of alkyl halides is 3. The molecule has 74 valence electrons. The summed E-state index contributed by atoms with van der Waals surface area (Å²) in [5.74, 6) is 0. The molecule has 0 bridgehead atoms. The number of rotatable bonds is 3. The summed E-state index contributed by atoms with van der Waals surface area (Å²) in [7, 11) is -4.46. The van der Waals surface area contributed by atoms with Crippen LogP contribution in [0.3, 0.4) is 0 Å². The van der Waals surface area contributed by atoms with Crippen LogP contribution in [-0.2, 0) is 10.0 Å². The van der Waals surface area contributed by atoms with Gasteiger partial charge in [0.15, 0.2) is 0 Å². The summed E-state index contributed by atoms with van der Waals surface area (Å²) in [6.07, 6.45) is 1.41. The van der Waals surface area contributed by atoms with Crippen molar-refractivity contribution < 1.29 is 21.6 Å². The van der Waals surface area contributed by atoms with Gasteiger partial charge in [-0.05, 0) is 6.26 Å². The molecule has 0 rings (SSSR count). The lowest BCUT2D eigenvalue weighted by molar-refractivity contribution is -0.0487. The van der Waals surface area contributed by atoms with Crippen molar-refractivity contribution in [3.05, 3.63) is 0 Å². The minimum Gasteiger partial charge on any atom is -0.201 e. The van der Waals surface area contributed by atoms with Crippen molar-refractivity contribution >= 4 is 22.0 Å². The molecule has 9 heteroatoms. The van der Waals surface area contributed by atoms with Crippen molar-refractivity contribution in [3.8, 4) is 0 Å². The van der Waals surface area contributed by atoms with Gasteiger partial charge in [0.25, 0.3) is 0 Å². The number of hydrogen-bond donors (Lipinski definition) is 1. The predicted octanol–water partition coefficient (Wildman–Crippen LogP) is 0.550. The first-order valence-corrected chi connectivity index (χ1v) is 5.23. The molecular weight excluding hydrogens is 217 g/mol. The Kier molecular flexibility index (Phi) is 3.82. The normalized spacial score (nSPS) is 13.8. The number of sulfonamides is 1. The zero-order valence-electron chi connectivity index (χ0n) is 6.21. The highest BCUT2D eigenvalue weighted by molar-refractivity contribution is 7.97. The molecular formula is C3H7F3N2O2S2. The largest absolute Gasteiger partial charge is 0.512 e. The van der Waals surface area contributed by atoms with Crippen molar-refractivity contribution in [3.63, 3.8) is 0 Å². The van der Waals surface area contributed by atoms with E-state index in [9.17, 15) is 21.6 Å². The van der Waals surface area contributed by atoms with Crippen LogP contribution >= 0.6 is 11.9 Å². The van der Waals surface area contributed by atoms with Crippen molar-refractivity contribution in [2.45, 2.75) is 5.51 Å². The molecule has 0 aromatic carbocycles. The lowest BCUT2D eigenvalue weighted by atomic mass is 11.5. The first-order chi connectivity index (χ1) is 5.23. The SMILES string of the molecule is CSNN(C)S(=O)(=O)C(F)(F)F. The number of halogens is 3. The molecule has 0 heterocycles. The van der Waals surface area contributed by atoms with Gasteiger partial charge in [-0.1, -0.05) is 11.9 Å². The fourth-order valence-corrected chi connectivity index (χ4v) is 1.52. The van der Waals surface area contributed by atoms with Crippen molar-refractivity contribution in [2.75, 3.05) is 13.3 Å². The van der Waals surface area contributed by atoms with E-state index in [1.165, 1.54) is 6.26 Å². The van der Waals surface area contributed by atoms with Crippen LogP contribution in [0.15, 0.2) is 0 Å². The molecule has 0 aromatic rings. The van der Waals surface area contributed by atoms with E-state index in [0.717, 1.165) is 19.0 Å². The Morgan fingerprint density at radius 2 is 1.83 bits per heavy atom. The van der Waals surface area contributed by atoms with E-state index in [1.807, 2.05) is 4.83 Å². The first-order valence-electron chi connectivity index (χ1n) is 2.57. The molecule has 0 fully saturated rings. The van der Waals surface area contributed by atoms with Crippen LogP contribution in [0.1, 0.15) is 0 Å². The lowest BCUT2D eigenvalue weighted by Gasteiger charge is -2.17. The average Bonchev–Trinajstić information content (AvgIpc) is 1.85. The number of hydrazine groups is 1. The van der Waals surface area contributed by atoms with Crippen LogP contribution in [0.2, 0.25) is 0 Å². The molecule has 1 N–H and O–H groups in total. The van der Waals surface area contributed by atoms with Gasteiger partial charge in [0, 0.05) is 7.05 Å². The molecule has 0 spiro atoms. The Morgan fingerprint density at radius 3 is 2.08 bits per heavy atom. The Balaban J connectivity index is 4.64. The van der Waals surface area contributed by atoms with Gasteiger partial charge in [0.2, 0.25) is 0 Å². The summed E-state index contributed by atoms with van der Waals surface area (Å²) < 4.78 is 56.1. The first kappa shape index (κ1) is 12.0. The molecule has 0 unspecified atom stereocenters. The number of nitrogens with zero attached hydrogens (tertiary/aromatic N) is 1. The van der Waals surface area contributed by atoms with E-state index in [1.54, 1.807) is 0 Å². The zero-order chi connectivity index (χ0) is 9.99. The molecule has 0 atom stereocenters. The Hall–Kier alpha value is 0.01000. The quantitative estimate of drug-likeness (QED) is 0.562. The molecule has 0 aromatic heterocycles. The predicted molar refractivity (Wildman–Crippen MR) is 39.4 cm³/mol. The average molecular weight is 224 g/mol. The molecule has 0 radical (unpaired) electrons. The summed E-state index contributed by atoms with van der Waals surface area (Å²) in [6, 6.07) is 0. The molecule has 0 saturated heterocycles. The molecule has 0 aliphatic heterocycles. The number of nitrogens with one attached hydrogen (secondary N) is 1. The van der Waals surface area contributed by atoms with E-state index >= 15 is 0 Å². The summed E-state index contributed by atoms with van der Waals surface area (Å²) in [5.41, 5.74) is -5.26. The Labute approximate surface area is 72.3 Å². The van der Waals surface area contributed by atoms with Gasteiger partial charge in [-0.15, -0.1) is 4.41 Å². The summed E-state index contributed by atoms with van der Waals surface area (Å²) in [4.78, 5) is 1.93. The van der Waals surface area contributed by atoms with Gasteiger partial charge in [-0.2, -0.15) is 18.0 Å². The zero-order valence-corrected chi connectivity index (χ0v) is 7.85. The van der Waals surface area contributed by atoms with E-state index in [4.69, 9.17) is 0 Å². The van der Waals surface area contributed by atoms with Crippen LogP contribution in [0.4, 0.5) is 13.2 Å². The minimum atomic E-state index is -5.26. The fourth-order valence-electron chi connectivity index (χ4n) is 0.333. The Morgan fingerprint density at radius 1 is 1.42 bits per heavy atom. The van der Waals surface area contributed by atoms with E-state index in [0.29, 0.717) is 0 Å². The van der Waals surface area contributed by atoms with E-state index in [-0.39, 0.29) is 4.41 Å². The van der Waals surface area contributed by atoms with Gasteiger partial charge < -0.3 is 0 Å². The van der Waals surface area contributed by atoms with Gasteiger partial charge in [-0.25, -0.2) is 8.42 Å². The molecule has 12 heavy (non-hydrogen) atoms. The van der Waals surface area contributed by atoms with Crippen LogP contribution in [0, 0.1) is 0 Å². The summed E-state index contributed by atoms with van der Waals surface area (Å²) in [5, 5.41) is 0. The molecule has 0 amide bonds. The van der Waals surface area contributed by atoms with Crippen LogP contribution < -0.4 is 4.83 Å². The number of hydrogen-bond acceptors (Lipinski definition) is 4.